The first kappa shape index (κ1) is 18.8. The number of carboxylic acid groups (broad SMARTS) is 1. The minimum absolute atomic E-state index is 0.268. The van der Waals surface area contributed by atoms with Gasteiger partial charge < -0.3 is 15.6 Å². The van der Waals surface area contributed by atoms with E-state index in [2.05, 4.69) is 0 Å². The van der Waals surface area contributed by atoms with E-state index < -0.39 is 6.09 Å². The molecule has 2 aromatic rings. The summed E-state index contributed by atoms with van der Waals surface area (Å²) in [6.07, 6.45) is -0.963. The van der Waals surface area contributed by atoms with E-state index in [1.807, 2.05) is 75.4 Å². The van der Waals surface area contributed by atoms with Crippen LogP contribution in [0.2, 0.25) is 0 Å². The number of benzene rings is 2. The topological polar surface area (TPSA) is 75.8 Å². The molecule has 3 N–H and O–H groups in total. The molecule has 0 radical (unpaired) electrons. The third kappa shape index (κ3) is 4.97. The van der Waals surface area contributed by atoms with Crippen LogP contribution >= 0.6 is 0 Å². The van der Waals surface area contributed by atoms with Crippen molar-refractivity contribution in [1.29, 1.82) is 0 Å². The molecule has 0 aliphatic carbocycles. The van der Waals surface area contributed by atoms with E-state index in [1.54, 1.807) is 0 Å². The van der Waals surface area contributed by atoms with Crippen molar-refractivity contribution in [2.75, 3.05) is 13.1 Å². The summed E-state index contributed by atoms with van der Waals surface area (Å²) in [6.45, 7) is 6.66. The zero-order valence-corrected chi connectivity index (χ0v) is 15.0. The van der Waals surface area contributed by atoms with Gasteiger partial charge in [-0.2, -0.15) is 0 Å². The molecule has 5 heteroatoms. The van der Waals surface area contributed by atoms with Crippen LogP contribution in [0.25, 0.3) is 0 Å². The third-order valence-electron chi connectivity index (χ3n) is 3.92. The molecule has 0 aliphatic heterocycles. The number of ether oxygens (including phenoxy) is 1. The summed E-state index contributed by atoms with van der Waals surface area (Å²) in [5, 5.41) is 9.59. The lowest BCUT2D eigenvalue weighted by atomic mass is 9.81. The fourth-order valence-corrected chi connectivity index (χ4v) is 2.96. The smallest absolute Gasteiger partial charge is 0.407 e. The molecule has 0 aliphatic rings. The molecule has 134 valence electrons. The SMILES string of the molecule is CC(C)(C)C(c1ccc(Oc2ccccc2)cc1)N(CCN)C(=O)O. The van der Waals surface area contributed by atoms with Crippen LogP contribution in [0.1, 0.15) is 32.4 Å². The predicted molar refractivity (Wildman–Crippen MR) is 98.9 cm³/mol. The Balaban J connectivity index is 2.27. The largest absolute Gasteiger partial charge is 0.465 e. The Labute approximate surface area is 149 Å². The highest BCUT2D eigenvalue weighted by Gasteiger charge is 2.34. The first-order valence-electron chi connectivity index (χ1n) is 8.35. The maximum absolute atomic E-state index is 11.7. The summed E-state index contributed by atoms with van der Waals surface area (Å²) in [6, 6.07) is 16.8. The van der Waals surface area contributed by atoms with Gasteiger partial charge in [0, 0.05) is 13.1 Å². The maximum Gasteiger partial charge on any atom is 0.407 e. The van der Waals surface area contributed by atoms with Gasteiger partial charge in [-0.05, 0) is 35.2 Å². The highest BCUT2D eigenvalue weighted by Crippen LogP contribution is 2.38. The molecule has 25 heavy (non-hydrogen) atoms. The van der Waals surface area contributed by atoms with E-state index in [9.17, 15) is 9.90 Å². The van der Waals surface area contributed by atoms with Crippen molar-refractivity contribution in [3.8, 4) is 11.5 Å². The number of hydrogen-bond acceptors (Lipinski definition) is 3. The van der Waals surface area contributed by atoms with E-state index in [0.717, 1.165) is 11.3 Å². The number of nitrogens with zero attached hydrogens (tertiary/aromatic N) is 1. The molecule has 5 nitrogen and oxygen atoms in total. The van der Waals surface area contributed by atoms with E-state index in [1.165, 1.54) is 4.90 Å². The highest BCUT2D eigenvalue weighted by molar-refractivity contribution is 5.66. The molecular weight excluding hydrogens is 316 g/mol. The molecule has 0 heterocycles. The first-order chi connectivity index (χ1) is 11.8. The van der Waals surface area contributed by atoms with Gasteiger partial charge in [0.15, 0.2) is 0 Å². The lowest BCUT2D eigenvalue weighted by Gasteiger charge is -2.39. The molecule has 2 rings (SSSR count). The summed E-state index contributed by atoms with van der Waals surface area (Å²) >= 11 is 0. The Kier molecular flexibility index (Phi) is 6.04. The molecule has 1 unspecified atom stereocenters. The third-order valence-corrected chi connectivity index (χ3v) is 3.92. The number of carbonyl (C=O) groups is 1. The van der Waals surface area contributed by atoms with Gasteiger partial charge >= 0.3 is 6.09 Å². The van der Waals surface area contributed by atoms with Crippen molar-refractivity contribution < 1.29 is 14.6 Å². The fraction of sp³-hybridized carbons (Fsp3) is 0.350. The number of para-hydroxylation sites is 1. The second kappa shape index (κ2) is 8.03. The van der Waals surface area contributed by atoms with Crippen LogP contribution in [-0.2, 0) is 0 Å². The molecule has 0 bridgehead atoms. The normalized spacial score (nSPS) is 12.5. The predicted octanol–water partition coefficient (Wildman–Crippen LogP) is 4.50. The van der Waals surface area contributed by atoms with E-state index in [4.69, 9.17) is 10.5 Å². The van der Waals surface area contributed by atoms with Gasteiger partial charge in [0.05, 0.1) is 6.04 Å². The van der Waals surface area contributed by atoms with Crippen LogP contribution in [0.3, 0.4) is 0 Å². The second-order valence-electron chi connectivity index (χ2n) is 7.02. The zero-order valence-electron chi connectivity index (χ0n) is 15.0. The Bertz CT molecular complexity index is 678. The van der Waals surface area contributed by atoms with E-state index in [-0.39, 0.29) is 18.0 Å². The van der Waals surface area contributed by atoms with Gasteiger partial charge in [-0.25, -0.2) is 4.79 Å². The molecule has 1 atom stereocenters. The lowest BCUT2D eigenvalue weighted by molar-refractivity contribution is 0.0837. The van der Waals surface area contributed by atoms with Gasteiger partial charge in [-0.3, -0.25) is 4.90 Å². The second-order valence-corrected chi connectivity index (χ2v) is 7.02. The summed E-state index contributed by atoms with van der Waals surface area (Å²) in [5.41, 5.74) is 6.26. The number of amides is 1. The Morgan fingerprint density at radius 2 is 1.64 bits per heavy atom. The van der Waals surface area contributed by atoms with Gasteiger partial charge in [0.25, 0.3) is 0 Å². The van der Waals surface area contributed by atoms with E-state index in [0.29, 0.717) is 12.3 Å². The molecular formula is C20H26N2O3. The number of nitrogens with two attached hydrogens (primary N) is 1. The zero-order chi connectivity index (χ0) is 18.4. The summed E-state index contributed by atoms with van der Waals surface area (Å²) < 4.78 is 5.80. The first-order valence-corrected chi connectivity index (χ1v) is 8.35. The van der Waals surface area contributed by atoms with Crippen molar-refractivity contribution >= 4 is 6.09 Å². The molecule has 0 saturated carbocycles. The van der Waals surface area contributed by atoms with Crippen LogP contribution in [0.4, 0.5) is 4.79 Å². The van der Waals surface area contributed by atoms with Gasteiger partial charge in [-0.1, -0.05) is 51.1 Å². The average Bonchev–Trinajstić information content (AvgIpc) is 2.55. The Hall–Kier alpha value is -2.53. The van der Waals surface area contributed by atoms with Crippen molar-refractivity contribution in [3.63, 3.8) is 0 Å². The minimum atomic E-state index is -0.963. The van der Waals surface area contributed by atoms with Crippen molar-refractivity contribution in [2.45, 2.75) is 26.8 Å². The number of rotatable bonds is 6. The van der Waals surface area contributed by atoms with Crippen molar-refractivity contribution in [2.24, 2.45) is 11.1 Å². The van der Waals surface area contributed by atoms with Gasteiger partial charge in [0.2, 0.25) is 0 Å². The van der Waals surface area contributed by atoms with Crippen LogP contribution in [0.5, 0.6) is 11.5 Å². The molecule has 2 aromatic carbocycles. The van der Waals surface area contributed by atoms with Crippen LogP contribution in [-0.4, -0.2) is 29.2 Å². The van der Waals surface area contributed by atoms with Gasteiger partial charge in [0.1, 0.15) is 11.5 Å². The maximum atomic E-state index is 11.7. The molecule has 1 amide bonds. The number of hydrogen-bond donors (Lipinski definition) is 2. The highest BCUT2D eigenvalue weighted by atomic mass is 16.5. The summed E-state index contributed by atoms with van der Waals surface area (Å²) in [5.74, 6) is 1.47. The van der Waals surface area contributed by atoms with Gasteiger partial charge in [-0.15, -0.1) is 0 Å². The minimum Gasteiger partial charge on any atom is -0.465 e. The Morgan fingerprint density at radius 1 is 1.08 bits per heavy atom. The van der Waals surface area contributed by atoms with Crippen LogP contribution < -0.4 is 10.5 Å². The quantitative estimate of drug-likeness (QED) is 0.810. The average molecular weight is 342 g/mol. The monoisotopic (exact) mass is 342 g/mol. The van der Waals surface area contributed by atoms with Crippen molar-refractivity contribution in [3.05, 3.63) is 60.2 Å². The van der Waals surface area contributed by atoms with Crippen molar-refractivity contribution in [1.82, 2.24) is 4.90 Å². The van der Waals surface area contributed by atoms with E-state index >= 15 is 0 Å². The lowest BCUT2D eigenvalue weighted by Crippen LogP contribution is -2.42. The molecule has 0 saturated heterocycles. The van der Waals surface area contributed by atoms with Crippen LogP contribution in [0.15, 0.2) is 54.6 Å². The molecule has 0 spiro atoms. The Morgan fingerprint density at radius 3 is 2.12 bits per heavy atom. The molecule has 0 fully saturated rings. The molecule has 0 aromatic heterocycles. The standard InChI is InChI=1S/C20H26N2O3/c1-20(2,3)18(22(14-13-21)19(23)24)15-9-11-17(12-10-15)25-16-7-5-4-6-8-16/h4-12,18H,13-14,21H2,1-3H3,(H,23,24). The summed E-state index contributed by atoms with van der Waals surface area (Å²) in [7, 11) is 0. The summed E-state index contributed by atoms with van der Waals surface area (Å²) in [4.78, 5) is 13.1. The fourth-order valence-electron chi connectivity index (χ4n) is 2.96. The van der Waals surface area contributed by atoms with Crippen LogP contribution in [0, 0.1) is 5.41 Å².